The van der Waals surface area contributed by atoms with Gasteiger partial charge in [0.15, 0.2) is 0 Å². The minimum absolute atomic E-state index is 0.0887. The second kappa shape index (κ2) is 7.18. The molecule has 1 amide bonds. The predicted molar refractivity (Wildman–Crippen MR) is 91.3 cm³/mol. The van der Waals surface area contributed by atoms with Crippen molar-refractivity contribution in [1.82, 2.24) is 5.32 Å². The van der Waals surface area contributed by atoms with E-state index in [9.17, 15) is 4.79 Å². The molecule has 122 valence electrons. The largest absolute Gasteiger partial charge is 0.497 e. The standard InChI is InChI=1S/C19H23NO3/c1-12-6-7-13(2)17(10-12)14(3)20-19(21)16-9-8-15(22-4)11-18(16)23-5/h6-11,14H,1-5H3,(H,20,21). The molecule has 0 aliphatic heterocycles. The van der Waals surface area contributed by atoms with Gasteiger partial charge in [0, 0.05) is 6.07 Å². The number of hydrogen-bond donors (Lipinski definition) is 1. The molecule has 2 aromatic rings. The Morgan fingerprint density at radius 1 is 1.04 bits per heavy atom. The molecular weight excluding hydrogens is 290 g/mol. The van der Waals surface area contributed by atoms with E-state index in [2.05, 4.69) is 23.5 Å². The molecule has 1 unspecified atom stereocenters. The SMILES string of the molecule is COc1ccc(C(=O)NC(C)c2cc(C)ccc2C)c(OC)c1. The third kappa shape index (κ3) is 3.83. The predicted octanol–water partition coefficient (Wildman–Crippen LogP) is 3.81. The molecule has 0 aromatic heterocycles. The van der Waals surface area contributed by atoms with Crippen molar-refractivity contribution in [2.45, 2.75) is 26.8 Å². The van der Waals surface area contributed by atoms with Crippen LogP contribution in [0.25, 0.3) is 0 Å². The zero-order valence-corrected chi connectivity index (χ0v) is 14.3. The number of carbonyl (C=O) groups is 1. The summed E-state index contributed by atoms with van der Waals surface area (Å²) in [5.74, 6) is 0.980. The van der Waals surface area contributed by atoms with E-state index in [1.54, 1.807) is 32.4 Å². The highest BCUT2D eigenvalue weighted by atomic mass is 16.5. The molecule has 1 atom stereocenters. The van der Waals surface area contributed by atoms with Gasteiger partial charge in [0.25, 0.3) is 5.91 Å². The van der Waals surface area contributed by atoms with Gasteiger partial charge in [-0.25, -0.2) is 0 Å². The van der Waals surface area contributed by atoms with Gasteiger partial charge in [-0.15, -0.1) is 0 Å². The van der Waals surface area contributed by atoms with Crippen molar-refractivity contribution in [3.63, 3.8) is 0 Å². The van der Waals surface area contributed by atoms with E-state index in [0.717, 1.165) is 11.1 Å². The van der Waals surface area contributed by atoms with Gasteiger partial charge in [0.2, 0.25) is 0 Å². The molecule has 23 heavy (non-hydrogen) atoms. The number of aryl methyl sites for hydroxylation is 2. The summed E-state index contributed by atoms with van der Waals surface area (Å²) in [5.41, 5.74) is 3.94. The Kier molecular flexibility index (Phi) is 5.27. The van der Waals surface area contributed by atoms with E-state index in [1.165, 1.54) is 5.56 Å². The van der Waals surface area contributed by atoms with Gasteiger partial charge in [-0.1, -0.05) is 23.8 Å². The number of nitrogens with one attached hydrogen (secondary N) is 1. The van der Waals surface area contributed by atoms with Crippen LogP contribution in [0.4, 0.5) is 0 Å². The van der Waals surface area contributed by atoms with Crippen molar-refractivity contribution in [1.29, 1.82) is 0 Å². The summed E-state index contributed by atoms with van der Waals surface area (Å²) in [6.07, 6.45) is 0. The number of amides is 1. The molecule has 0 fully saturated rings. The molecule has 2 aromatic carbocycles. The summed E-state index contributed by atoms with van der Waals surface area (Å²) in [5, 5.41) is 3.03. The van der Waals surface area contributed by atoms with Crippen LogP contribution in [0, 0.1) is 13.8 Å². The van der Waals surface area contributed by atoms with Gasteiger partial charge in [0.1, 0.15) is 11.5 Å². The Bertz CT molecular complexity index is 710. The van der Waals surface area contributed by atoms with Crippen LogP contribution in [0.15, 0.2) is 36.4 Å². The first-order valence-corrected chi connectivity index (χ1v) is 7.56. The van der Waals surface area contributed by atoms with E-state index in [-0.39, 0.29) is 11.9 Å². The van der Waals surface area contributed by atoms with Crippen LogP contribution < -0.4 is 14.8 Å². The molecule has 0 bridgehead atoms. The van der Waals surface area contributed by atoms with E-state index < -0.39 is 0 Å². The Morgan fingerprint density at radius 2 is 1.78 bits per heavy atom. The Balaban J connectivity index is 2.23. The van der Waals surface area contributed by atoms with E-state index in [4.69, 9.17) is 9.47 Å². The van der Waals surface area contributed by atoms with Crippen molar-refractivity contribution in [3.05, 3.63) is 58.7 Å². The molecule has 0 aliphatic carbocycles. The summed E-state index contributed by atoms with van der Waals surface area (Å²) in [7, 11) is 3.12. The quantitative estimate of drug-likeness (QED) is 0.913. The summed E-state index contributed by atoms with van der Waals surface area (Å²) in [6, 6.07) is 11.3. The fourth-order valence-corrected chi connectivity index (χ4v) is 2.56. The first kappa shape index (κ1) is 16.9. The van der Waals surface area contributed by atoms with Gasteiger partial charge in [0.05, 0.1) is 25.8 Å². The van der Waals surface area contributed by atoms with Crippen LogP contribution in [-0.2, 0) is 0 Å². The molecule has 0 radical (unpaired) electrons. The first-order chi connectivity index (χ1) is 11.0. The average Bonchev–Trinajstić information content (AvgIpc) is 2.56. The number of methoxy groups -OCH3 is 2. The normalized spacial score (nSPS) is 11.7. The first-order valence-electron chi connectivity index (χ1n) is 7.56. The highest BCUT2D eigenvalue weighted by molar-refractivity contribution is 5.97. The van der Waals surface area contributed by atoms with Gasteiger partial charge in [-0.2, -0.15) is 0 Å². The topological polar surface area (TPSA) is 47.6 Å². The molecule has 1 N–H and O–H groups in total. The Hall–Kier alpha value is -2.49. The van der Waals surface area contributed by atoms with Gasteiger partial charge >= 0.3 is 0 Å². The molecule has 0 heterocycles. The van der Waals surface area contributed by atoms with E-state index in [1.807, 2.05) is 20.8 Å². The van der Waals surface area contributed by atoms with Gasteiger partial charge < -0.3 is 14.8 Å². The monoisotopic (exact) mass is 313 g/mol. The lowest BCUT2D eigenvalue weighted by Crippen LogP contribution is -2.27. The Labute approximate surface area is 137 Å². The fourth-order valence-electron chi connectivity index (χ4n) is 2.56. The maximum absolute atomic E-state index is 12.6. The highest BCUT2D eigenvalue weighted by Crippen LogP contribution is 2.26. The smallest absolute Gasteiger partial charge is 0.255 e. The number of hydrogen-bond acceptors (Lipinski definition) is 3. The Morgan fingerprint density at radius 3 is 2.43 bits per heavy atom. The fraction of sp³-hybridized carbons (Fsp3) is 0.316. The number of benzene rings is 2. The third-order valence-electron chi connectivity index (χ3n) is 3.90. The van der Waals surface area contributed by atoms with Crippen molar-refractivity contribution >= 4 is 5.91 Å². The maximum Gasteiger partial charge on any atom is 0.255 e. The average molecular weight is 313 g/mol. The summed E-state index contributed by atoms with van der Waals surface area (Å²) in [6.45, 7) is 6.07. The van der Waals surface area contributed by atoms with E-state index in [0.29, 0.717) is 17.1 Å². The lowest BCUT2D eigenvalue weighted by atomic mass is 9.99. The van der Waals surface area contributed by atoms with Gasteiger partial charge in [-0.3, -0.25) is 4.79 Å². The zero-order valence-electron chi connectivity index (χ0n) is 14.3. The number of carbonyl (C=O) groups excluding carboxylic acids is 1. The van der Waals surface area contributed by atoms with Crippen LogP contribution in [-0.4, -0.2) is 20.1 Å². The maximum atomic E-state index is 12.6. The number of ether oxygens (including phenoxy) is 2. The molecule has 4 heteroatoms. The van der Waals surface area contributed by atoms with Crippen LogP contribution >= 0.6 is 0 Å². The van der Waals surface area contributed by atoms with Crippen LogP contribution in [0.1, 0.15) is 40.0 Å². The van der Waals surface area contributed by atoms with E-state index >= 15 is 0 Å². The van der Waals surface area contributed by atoms with Crippen LogP contribution in [0.5, 0.6) is 11.5 Å². The summed E-state index contributed by atoms with van der Waals surface area (Å²) < 4.78 is 10.5. The lowest BCUT2D eigenvalue weighted by molar-refractivity contribution is 0.0936. The van der Waals surface area contributed by atoms with Crippen molar-refractivity contribution < 1.29 is 14.3 Å². The molecule has 4 nitrogen and oxygen atoms in total. The molecular formula is C19H23NO3. The third-order valence-corrected chi connectivity index (χ3v) is 3.90. The molecule has 0 aliphatic rings. The highest BCUT2D eigenvalue weighted by Gasteiger charge is 2.17. The van der Waals surface area contributed by atoms with Crippen LogP contribution in [0.2, 0.25) is 0 Å². The minimum Gasteiger partial charge on any atom is -0.497 e. The second-order valence-electron chi connectivity index (χ2n) is 5.62. The van der Waals surface area contributed by atoms with Crippen molar-refractivity contribution in [2.24, 2.45) is 0 Å². The summed E-state index contributed by atoms with van der Waals surface area (Å²) in [4.78, 5) is 12.6. The molecule has 0 saturated carbocycles. The van der Waals surface area contributed by atoms with Crippen LogP contribution in [0.3, 0.4) is 0 Å². The zero-order chi connectivity index (χ0) is 17.0. The molecule has 0 spiro atoms. The second-order valence-corrected chi connectivity index (χ2v) is 5.62. The van der Waals surface area contributed by atoms with Crippen molar-refractivity contribution in [2.75, 3.05) is 14.2 Å². The minimum atomic E-state index is -0.169. The lowest BCUT2D eigenvalue weighted by Gasteiger charge is -2.18. The van der Waals surface area contributed by atoms with Gasteiger partial charge in [-0.05, 0) is 44.0 Å². The number of rotatable bonds is 5. The van der Waals surface area contributed by atoms with Crippen molar-refractivity contribution in [3.8, 4) is 11.5 Å². The summed E-state index contributed by atoms with van der Waals surface area (Å²) >= 11 is 0. The molecule has 0 saturated heterocycles. The molecule has 2 rings (SSSR count).